The van der Waals surface area contributed by atoms with Crippen LogP contribution in [0.15, 0.2) is 48.5 Å². The van der Waals surface area contributed by atoms with Gasteiger partial charge in [0.25, 0.3) is 0 Å². The van der Waals surface area contributed by atoms with Gasteiger partial charge in [-0.2, -0.15) is 0 Å². The normalized spacial score (nSPS) is 34.0. The second-order valence-corrected chi connectivity index (χ2v) is 6.16. The maximum Gasteiger partial charge on any atom is 0.321 e. The van der Waals surface area contributed by atoms with Crippen molar-refractivity contribution in [3.8, 4) is 0 Å². The average molecular weight is 292 g/mol. The molecule has 1 N–H and O–H groups in total. The zero-order chi connectivity index (χ0) is 15.1. The van der Waals surface area contributed by atoms with Crippen LogP contribution >= 0.6 is 0 Å². The van der Waals surface area contributed by atoms with Crippen molar-refractivity contribution in [2.24, 2.45) is 11.8 Å². The lowest BCUT2D eigenvalue weighted by Gasteiger charge is -2.50. The van der Waals surface area contributed by atoms with Crippen LogP contribution in [-0.2, 0) is 19.9 Å². The lowest BCUT2D eigenvalue weighted by Crippen LogP contribution is -2.53. The summed E-state index contributed by atoms with van der Waals surface area (Å²) in [7, 11) is 0. The lowest BCUT2D eigenvalue weighted by atomic mass is 9.52. The average Bonchev–Trinajstić information content (AvgIpc) is 2.84. The third kappa shape index (κ3) is 1.12. The van der Waals surface area contributed by atoms with Crippen LogP contribution in [0.25, 0.3) is 0 Å². The van der Waals surface area contributed by atoms with E-state index in [1.807, 2.05) is 48.5 Å². The van der Waals surface area contributed by atoms with Crippen molar-refractivity contribution in [3.63, 3.8) is 0 Å². The Balaban J connectivity index is 1.94. The summed E-state index contributed by atoms with van der Waals surface area (Å²) in [5, 5.41) is 11.5. The molecule has 6 rings (SSSR count). The zero-order valence-electron chi connectivity index (χ0n) is 11.5. The predicted molar refractivity (Wildman–Crippen MR) is 75.8 cm³/mol. The molecule has 2 bridgehead atoms. The van der Waals surface area contributed by atoms with Gasteiger partial charge in [0, 0.05) is 5.92 Å². The van der Waals surface area contributed by atoms with Gasteiger partial charge >= 0.3 is 11.9 Å². The molecule has 1 saturated heterocycles. The van der Waals surface area contributed by atoms with Gasteiger partial charge in [0.05, 0.1) is 5.92 Å². The number of carbonyl (C=O) groups is 2. The lowest BCUT2D eigenvalue weighted by molar-refractivity contribution is -0.155. The molecule has 1 heterocycles. The van der Waals surface area contributed by atoms with Crippen molar-refractivity contribution < 1.29 is 19.4 Å². The Bertz CT molecular complexity index is 806. The van der Waals surface area contributed by atoms with Crippen molar-refractivity contribution >= 4 is 11.9 Å². The van der Waals surface area contributed by atoms with E-state index in [1.54, 1.807) is 0 Å². The van der Waals surface area contributed by atoms with Gasteiger partial charge in [-0.3, -0.25) is 9.59 Å². The third-order valence-corrected chi connectivity index (χ3v) is 5.31. The Morgan fingerprint density at radius 2 is 1.41 bits per heavy atom. The van der Waals surface area contributed by atoms with Gasteiger partial charge in [-0.05, 0) is 22.3 Å². The summed E-state index contributed by atoms with van der Waals surface area (Å²) in [6.45, 7) is 0. The highest BCUT2D eigenvalue weighted by atomic mass is 16.6. The fraction of sp³-hybridized carbons (Fsp3) is 0.222. The van der Waals surface area contributed by atoms with Crippen LogP contribution in [0.1, 0.15) is 28.2 Å². The van der Waals surface area contributed by atoms with Crippen LogP contribution < -0.4 is 0 Å². The summed E-state index contributed by atoms with van der Waals surface area (Å²) >= 11 is 0. The zero-order valence-corrected chi connectivity index (χ0v) is 11.5. The molecular formula is C18H12O4. The van der Waals surface area contributed by atoms with Gasteiger partial charge in [0.2, 0.25) is 0 Å². The van der Waals surface area contributed by atoms with Crippen LogP contribution in [-0.4, -0.2) is 17.0 Å². The maximum absolute atomic E-state index is 12.2. The Hall–Kier alpha value is -2.46. The molecule has 4 heteroatoms. The summed E-state index contributed by atoms with van der Waals surface area (Å²) in [6.07, 6.45) is 0. The molecule has 0 spiro atoms. The first-order valence-electron chi connectivity index (χ1n) is 7.30. The van der Waals surface area contributed by atoms with Gasteiger partial charge in [-0.25, -0.2) is 0 Å². The van der Waals surface area contributed by atoms with E-state index in [2.05, 4.69) is 0 Å². The predicted octanol–water partition coefficient (Wildman–Crippen LogP) is 1.70. The summed E-state index contributed by atoms with van der Waals surface area (Å²) in [6, 6.07) is 15.0. The Labute approximate surface area is 126 Å². The topological polar surface area (TPSA) is 63.6 Å². The highest BCUT2D eigenvalue weighted by Crippen LogP contribution is 2.62. The van der Waals surface area contributed by atoms with Crippen LogP contribution in [0.3, 0.4) is 0 Å². The second kappa shape index (κ2) is 3.65. The van der Waals surface area contributed by atoms with Crippen LogP contribution in [0.2, 0.25) is 0 Å². The molecule has 0 radical (unpaired) electrons. The molecule has 3 aliphatic carbocycles. The smallest absolute Gasteiger partial charge is 0.321 e. The molecule has 2 aromatic carbocycles. The van der Waals surface area contributed by atoms with Crippen LogP contribution in [0.4, 0.5) is 0 Å². The quantitative estimate of drug-likeness (QED) is 0.593. The van der Waals surface area contributed by atoms with Gasteiger partial charge in [0.15, 0.2) is 0 Å². The van der Waals surface area contributed by atoms with E-state index >= 15 is 0 Å². The van der Waals surface area contributed by atoms with Crippen LogP contribution in [0, 0.1) is 11.8 Å². The minimum atomic E-state index is -1.49. The van der Waals surface area contributed by atoms with E-state index in [9.17, 15) is 14.7 Å². The van der Waals surface area contributed by atoms with Gasteiger partial charge < -0.3 is 9.84 Å². The third-order valence-electron chi connectivity index (χ3n) is 5.31. The monoisotopic (exact) mass is 292 g/mol. The van der Waals surface area contributed by atoms with Gasteiger partial charge in [-0.15, -0.1) is 0 Å². The summed E-state index contributed by atoms with van der Waals surface area (Å²) < 4.78 is 4.88. The van der Waals surface area contributed by atoms with Crippen molar-refractivity contribution in [2.75, 3.05) is 0 Å². The Morgan fingerprint density at radius 1 is 0.864 bits per heavy atom. The fourth-order valence-corrected chi connectivity index (χ4v) is 4.54. The summed E-state index contributed by atoms with van der Waals surface area (Å²) in [4.78, 5) is 24.4. The molecule has 1 aliphatic heterocycles. The van der Waals surface area contributed by atoms with E-state index in [0.717, 1.165) is 11.1 Å². The summed E-state index contributed by atoms with van der Waals surface area (Å²) in [5.41, 5.74) is 1.77. The number of carbonyl (C=O) groups excluding carboxylic acids is 2. The van der Waals surface area contributed by atoms with Gasteiger partial charge in [0.1, 0.15) is 11.5 Å². The maximum atomic E-state index is 12.2. The molecule has 4 nitrogen and oxygen atoms in total. The SMILES string of the molecule is O=C1OC(=O)[C@@H]2[C@H]1C1c3ccccc3C2(O)c2ccccc21. The fourth-order valence-electron chi connectivity index (χ4n) is 4.54. The summed E-state index contributed by atoms with van der Waals surface area (Å²) in [5.74, 6) is -2.86. The second-order valence-electron chi connectivity index (χ2n) is 6.16. The molecule has 22 heavy (non-hydrogen) atoms. The molecule has 4 aliphatic rings. The number of esters is 2. The van der Waals surface area contributed by atoms with Gasteiger partial charge in [-0.1, -0.05) is 48.5 Å². The number of hydrogen-bond acceptors (Lipinski definition) is 4. The van der Waals surface area contributed by atoms with E-state index in [-0.39, 0.29) is 5.92 Å². The molecular weight excluding hydrogens is 280 g/mol. The van der Waals surface area contributed by atoms with Crippen LogP contribution in [0.5, 0.6) is 0 Å². The van der Waals surface area contributed by atoms with Crippen molar-refractivity contribution in [1.82, 2.24) is 0 Å². The minimum absolute atomic E-state index is 0.231. The number of ether oxygens (including phenoxy) is 1. The van der Waals surface area contributed by atoms with E-state index in [4.69, 9.17) is 4.74 Å². The van der Waals surface area contributed by atoms with E-state index in [0.29, 0.717) is 11.1 Å². The number of aliphatic hydroxyl groups is 1. The standard InChI is InChI=1S/C18H12O4/c19-16-14-13-9-5-1-3-7-11(9)18(21,15(14)17(20)22-16)12-8-4-2-6-10(12)13/h1-8,13-15,21H/t13?,14-,15+,18?/m1/s1. The molecule has 1 fully saturated rings. The molecule has 0 unspecified atom stereocenters. The highest BCUT2D eigenvalue weighted by Gasteiger charge is 2.67. The van der Waals surface area contributed by atoms with E-state index in [1.165, 1.54) is 0 Å². The molecule has 2 aromatic rings. The van der Waals surface area contributed by atoms with Crippen molar-refractivity contribution in [2.45, 2.75) is 11.5 Å². The molecule has 2 atom stereocenters. The molecule has 0 aromatic heterocycles. The number of hydrogen-bond donors (Lipinski definition) is 1. The Morgan fingerprint density at radius 3 is 2.00 bits per heavy atom. The molecule has 0 saturated carbocycles. The van der Waals surface area contributed by atoms with Crippen molar-refractivity contribution in [1.29, 1.82) is 0 Å². The molecule has 108 valence electrons. The first kappa shape index (κ1) is 12.1. The first-order chi connectivity index (χ1) is 10.6. The highest BCUT2D eigenvalue weighted by molar-refractivity contribution is 6.00. The molecule has 0 amide bonds. The largest absolute Gasteiger partial charge is 0.393 e. The number of cyclic esters (lactones) is 2. The Kier molecular flexibility index (Phi) is 2.01. The minimum Gasteiger partial charge on any atom is -0.393 e. The number of rotatable bonds is 0. The van der Waals surface area contributed by atoms with Crippen molar-refractivity contribution in [3.05, 3.63) is 70.8 Å². The number of benzene rings is 2. The first-order valence-corrected chi connectivity index (χ1v) is 7.30. The van der Waals surface area contributed by atoms with E-state index < -0.39 is 29.4 Å².